The first-order valence-corrected chi connectivity index (χ1v) is 12.0. The maximum absolute atomic E-state index is 14.5. The predicted molar refractivity (Wildman–Crippen MR) is 136 cm³/mol. The number of carbonyl (C=O) groups is 2. The van der Waals surface area contributed by atoms with Crippen LogP contribution in [0.1, 0.15) is 44.2 Å². The minimum absolute atomic E-state index is 0.0456. The average Bonchev–Trinajstić information content (AvgIpc) is 3.30. The van der Waals surface area contributed by atoms with E-state index in [1.54, 1.807) is 42.9 Å². The number of hydrogen-bond acceptors (Lipinski definition) is 4. The second-order valence-corrected chi connectivity index (χ2v) is 8.82. The van der Waals surface area contributed by atoms with E-state index in [1.165, 1.54) is 6.07 Å². The van der Waals surface area contributed by atoms with Crippen molar-refractivity contribution in [2.24, 2.45) is 0 Å². The molecule has 7 heteroatoms. The van der Waals surface area contributed by atoms with Crippen molar-refractivity contribution in [3.8, 4) is 23.0 Å². The smallest absolute Gasteiger partial charge is 0.271 e. The van der Waals surface area contributed by atoms with Crippen molar-refractivity contribution in [3.05, 3.63) is 88.4 Å². The Labute approximate surface area is 210 Å². The van der Waals surface area contributed by atoms with Crippen LogP contribution in [0, 0.1) is 24.1 Å². The highest BCUT2D eigenvalue weighted by Crippen LogP contribution is 2.32. The van der Waals surface area contributed by atoms with Crippen LogP contribution in [0.5, 0.6) is 0 Å². The van der Waals surface area contributed by atoms with E-state index in [1.807, 2.05) is 43.3 Å². The Morgan fingerprint density at radius 1 is 1.06 bits per heavy atom. The fourth-order valence-corrected chi connectivity index (χ4v) is 4.18. The summed E-state index contributed by atoms with van der Waals surface area (Å²) in [4.78, 5) is 27.4. The first-order chi connectivity index (χ1) is 17.3. The number of nitriles is 1. The Hall–Kier alpha value is -4.31. The molecule has 36 heavy (non-hydrogen) atoms. The van der Waals surface area contributed by atoms with E-state index in [4.69, 9.17) is 5.10 Å². The fraction of sp³-hybridized carbons (Fsp3) is 0.241. The maximum atomic E-state index is 14.5. The van der Waals surface area contributed by atoms with Crippen LogP contribution in [0.15, 0.2) is 71.4 Å². The predicted octanol–water partition coefficient (Wildman–Crippen LogP) is 5.77. The number of carbonyl (C=O) groups excluding carboxylic acids is 2. The van der Waals surface area contributed by atoms with E-state index >= 15 is 0 Å². The Kier molecular flexibility index (Phi) is 7.25. The molecule has 0 atom stereocenters. The first-order valence-electron chi connectivity index (χ1n) is 12.0. The molecule has 0 fully saturated rings. The van der Waals surface area contributed by atoms with Crippen LogP contribution in [0.25, 0.3) is 23.0 Å². The summed E-state index contributed by atoms with van der Waals surface area (Å²) in [7, 11) is 0. The normalized spacial score (nSPS) is 15.1. The van der Waals surface area contributed by atoms with Crippen LogP contribution < -0.4 is 0 Å². The highest BCUT2D eigenvalue weighted by molar-refractivity contribution is 6.19. The van der Waals surface area contributed by atoms with E-state index in [9.17, 15) is 19.2 Å². The summed E-state index contributed by atoms with van der Waals surface area (Å²) in [6, 6.07) is 16.3. The third-order valence-corrected chi connectivity index (χ3v) is 6.32. The molecule has 2 heterocycles. The molecule has 182 valence electrons. The van der Waals surface area contributed by atoms with Gasteiger partial charge in [-0.25, -0.2) is 9.07 Å². The van der Waals surface area contributed by atoms with Crippen LogP contribution in [-0.4, -0.2) is 33.0 Å². The summed E-state index contributed by atoms with van der Waals surface area (Å²) < 4.78 is 16.1. The minimum atomic E-state index is -0.561. The first kappa shape index (κ1) is 24.8. The highest BCUT2D eigenvalue weighted by atomic mass is 19.1. The number of imide groups is 1. The number of unbranched alkanes of at least 4 members (excludes halogenated alkanes) is 2. The molecular weight excluding hydrogens is 455 g/mol. The monoisotopic (exact) mass is 482 g/mol. The van der Waals surface area contributed by atoms with Crippen molar-refractivity contribution in [2.45, 2.75) is 40.0 Å². The zero-order valence-electron chi connectivity index (χ0n) is 20.6. The largest absolute Gasteiger partial charge is 0.274 e. The van der Waals surface area contributed by atoms with Gasteiger partial charge in [0.25, 0.3) is 11.8 Å². The molecule has 4 rings (SSSR count). The van der Waals surface area contributed by atoms with Gasteiger partial charge in [-0.05, 0) is 55.7 Å². The zero-order valence-corrected chi connectivity index (χ0v) is 20.6. The van der Waals surface area contributed by atoms with Crippen LogP contribution in [0.4, 0.5) is 4.39 Å². The van der Waals surface area contributed by atoms with Gasteiger partial charge in [0.1, 0.15) is 23.2 Å². The summed E-state index contributed by atoms with van der Waals surface area (Å²) >= 11 is 0. The number of amides is 2. The Balaban J connectivity index is 1.88. The van der Waals surface area contributed by atoms with Crippen LogP contribution in [-0.2, 0) is 9.59 Å². The van der Waals surface area contributed by atoms with Crippen molar-refractivity contribution in [3.63, 3.8) is 0 Å². The molecule has 0 N–H and O–H groups in total. The molecule has 0 aliphatic carbocycles. The van der Waals surface area contributed by atoms with Gasteiger partial charge in [0, 0.05) is 29.4 Å². The molecule has 0 unspecified atom stereocenters. The number of benzene rings is 2. The third-order valence-electron chi connectivity index (χ3n) is 6.32. The van der Waals surface area contributed by atoms with E-state index in [0.29, 0.717) is 34.4 Å². The molecule has 1 aliphatic heterocycles. The van der Waals surface area contributed by atoms with Gasteiger partial charge in [-0.1, -0.05) is 50.1 Å². The Morgan fingerprint density at radius 3 is 2.47 bits per heavy atom. The maximum Gasteiger partial charge on any atom is 0.271 e. The Bertz CT molecular complexity index is 1430. The van der Waals surface area contributed by atoms with Gasteiger partial charge in [-0.2, -0.15) is 10.4 Å². The van der Waals surface area contributed by atoms with Crippen molar-refractivity contribution < 1.29 is 14.0 Å². The molecule has 1 aromatic heterocycles. The average molecular weight is 483 g/mol. The van der Waals surface area contributed by atoms with E-state index in [-0.39, 0.29) is 23.5 Å². The number of hydrogen-bond donors (Lipinski definition) is 0. The molecule has 3 aromatic rings. The van der Waals surface area contributed by atoms with Gasteiger partial charge >= 0.3 is 0 Å². The molecule has 6 nitrogen and oxygen atoms in total. The summed E-state index contributed by atoms with van der Waals surface area (Å²) in [6.45, 7) is 5.58. The van der Waals surface area contributed by atoms with Crippen LogP contribution >= 0.6 is 0 Å². The molecule has 2 amide bonds. The molecule has 0 spiro atoms. The van der Waals surface area contributed by atoms with Crippen molar-refractivity contribution in [1.82, 2.24) is 14.7 Å². The number of rotatable bonds is 7. The lowest BCUT2D eigenvalue weighted by Gasteiger charge is -2.27. The fourth-order valence-electron chi connectivity index (χ4n) is 4.18. The van der Waals surface area contributed by atoms with Crippen molar-refractivity contribution in [2.75, 3.05) is 6.54 Å². The summed E-state index contributed by atoms with van der Waals surface area (Å²) in [5.74, 6) is -1.36. The summed E-state index contributed by atoms with van der Waals surface area (Å²) in [5.41, 5.74) is 3.46. The number of nitrogens with zero attached hydrogens (tertiary/aromatic N) is 4. The van der Waals surface area contributed by atoms with Gasteiger partial charge in [-0.15, -0.1) is 0 Å². The quantitative estimate of drug-likeness (QED) is 0.243. The van der Waals surface area contributed by atoms with E-state index in [2.05, 4.69) is 0 Å². The summed E-state index contributed by atoms with van der Waals surface area (Å²) in [6.07, 6.45) is 5.88. The molecular formula is C29H27FN4O2. The molecule has 1 aliphatic rings. The van der Waals surface area contributed by atoms with Gasteiger partial charge in [0.2, 0.25) is 0 Å². The minimum Gasteiger partial charge on any atom is -0.274 e. The second kappa shape index (κ2) is 10.5. The molecule has 0 bridgehead atoms. The molecule has 0 saturated carbocycles. The van der Waals surface area contributed by atoms with Crippen molar-refractivity contribution in [1.29, 1.82) is 5.26 Å². The van der Waals surface area contributed by atoms with E-state index in [0.717, 1.165) is 23.4 Å². The zero-order chi connectivity index (χ0) is 25.8. The number of para-hydroxylation sites is 1. The third kappa shape index (κ3) is 4.76. The molecule has 0 saturated heterocycles. The SMILES string of the molecule is CCCCCN1C(=O)C(=Cc2cn(-c3ccccc3)nc2-c2ccc(C)c(F)c2)C(C)=C(C#N)C1=O. The number of halogens is 1. The van der Waals surface area contributed by atoms with Crippen LogP contribution in [0.2, 0.25) is 0 Å². The summed E-state index contributed by atoms with van der Waals surface area (Å²) in [5, 5.41) is 14.4. The van der Waals surface area contributed by atoms with Crippen molar-refractivity contribution >= 4 is 17.9 Å². The lowest BCUT2D eigenvalue weighted by Crippen LogP contribution is -2.43. The standard InChI is InChI=1S/C29H27FN4O2/c1-4-5-9-14-33-28(35)24(20(3)25(17-31)29(33)36)15-22-18-34(23-10-7-6-8-11-23)32-27(22)21-13-12-19(2)26(30)16-21/h6-8,10-13,15-16,18H,4-5,9,14H2,1-3H3. The number of aromatic nitrogens is 2. The topological polar surface area (TPSA) is 79.0 Å². The molecule has 2 aromatic carbocycles. The van der Waals surface area contributed by atoms with Gasteiger partial charge < -0.3 is 0 Å². The second-order valence-electron chi connectivity index (χ2n) is 8.82. The molecule has 0 radical (unpaired) electrons. The lowest BCUT2D eigenvalue weighted by atomic mass is 9.93. The van der Waals surface area contributed by atoms with Gasteiger partial charge in [-0.3, -0.25) is 14.5 Å². The Morgan fingerprint density at radius 2 is 1.81 bits per heavy atom. The van der Waals surface area contributed by atoms with Gasteiger partial charge in [0.05, 0.1) is 5.69 Å². The lowest BCUT2D eigenvalue weighted by molar-refractivity contribution is -0.140. The number of aryl methyl sites for hydroxylation is 1. The van der Waals surface area contributed by atoms with Crippen LogP contribution in [0.3, 0.4) is 0 Å². The van der Waals surface area contributed by atoms with E-state index < -0.39 is 11.8 Å². The van der Waals surface area contributed by atoms with Gasteiger partial charge in [0.15, 0.2) is 0 Å². The highest BCUT2D eigenvalue weighted by Gasteiger charge is 2.35.